The van der Waals surface area contributed by atoms with Crippen molar-refractivity contribution in [1.29, 1.82) is 0 Å². The molecule has 1 aromatic rings. The highest BCUT2D eigenvalue weighted by Crippen LogP contribution is 2.18. The van der Waals surface area contributed by atoms with Crippen LogP contribution in [0.1, 0.15) is 18.4 Å². The van der Waals surface area contributed by atoms with Crippen molar-refractivity contribution in [3.8, 4) is 0 Å². The molecular formula is C15H26N4. The van der Waals surface area contributed by atoms with Gasteiger partial charge in [-0.25, -0.2) is 0 Å². The molecule has 1 aliphatic rings. The van der Waals surface area contributed by atoms with Crippen LogP contribution in [0.15, 0.2) is 24.5 Å². The van der Waals surface area contributed by atoms with E-state index in [0.717, 1.165) is 25.6 Å². The molecule has 4 nitrogen and oxygen atoms in total. The minimum atomic E-state index is 0.783. The molecule has 1 fully saturated rings. The highest BCUT2D eigenvalue weighted by atomic mass is 15.1. The third-order valence-electron chi connectivity index (χ3n) is 3.90. The molecule has 2 rings (SSSR count). The van der Waals surface area contributed by atoms with Crippen molar-refractivity contribution in [2.75, 3.05) is 39.8 Å². The van der Waals surface area contributed by atoms with Gasteiger partial charge >= 0.3 is 0 Å². The van der Waals surface area contributed by atoms with Gasteiger partial charge in [-0.3, -0.25) is 4.98 Å². The van der Waals surface area contributed by atoms with Crippen LogP contribution in [-0.2, 0) is 6.54 Å². The zero-order valence-corrected chi connectivity index (χ0v) is 12.0. The third-order valence-corrected chi connectivity index (χ3v) is 3.90. The molecule has 106 valence electrons. The molecule has 1 aliphatic heterocycles. The van der Waals surface area contributed by atoms with E-state index in [-0.39, 0.29) is 0 Å². The van der Waals surface area contributed by atoms with E-state index < -0.39 is 0 Å². The normalized spacial score (nSPS) is 18.1. The van der Waals surface area contributed by atoms with Crippen molar-refractivity contribution in [2.45, 2.75) is 19.4 Å². The monoisotopic (exact) mass is 262 g/mol. The lowest BCUT2D eigenvalue weighted by molar-refractivity contribution is 0.155. The van der Waals surface area contributed by atoms with Crippen molar-refractivity contribution < 1.29 is 0 Å². The molecule has 19 heavy (non-hydrogen) atoms. The van der Waals surface area contributed by atoms with E-state index in [2.05, 4.69) is 27.9 Å². The summed E-state index contributed by atoms with van der Waals surface area (Å²) in [5.74, 6) is 0.829. The number of pyridine rings is 1. The second-order valence-electron chi connectivity index (χ2n) is 5.63. The molecule has 1 aromatic heterocycles. The van der Waals surface area contributed by atoms with Gasteiger partial charge in [0.25, 0.3) is 0 Å². The summed E-state index contributed by atoms with van der Waals surface area (Å²) < 4.78 is 0. The van der Waals surface area contributed by atoms with E-state index in [0.29, 0.717) is 0 Å². The van der Waals surface area contributed by atoms with Crippen LogP contribution in [0.2, 0.25) is 0 Å². The first-order chi connectivity index (χ1) is 9.28. The molecule has 1 saturated heterocycles. The van der Waals surface area contributed by atoms with Crippen molar-refractivity contribution in [1.82, 2.24) is 14.8 Å². The van der Waals surface area contributed by atoms with Crippen LogP contribution in [0.3, 0.4) is 0 Å². The maximum Gasteiger partial charge on any atom is 0.0312 e. The average molecular weight is 262 g/mol. The molecule has 0 atom stereocenters. The molecule has 2 N–H and O–H groups in total. The van der Waals surface area contributed by atoms with E-state index in [9.17, 15) is 0 Å². The molecule has 0 aromatic carbocycles. The van der Waals surface area contributed by atoms with Gasteiger partial charge in [0.1, 0.15) is 0 Å². The standard InChI is InChI=1S/C15H26N4/c1-18(13-15-3-2-7-17-11-15)12-14-4-8-19(9-5-14)10-6-16/h2-3,7,11,14H,4-6,8-10,12-13,16H2,1H3. The Balaban J connectivity index is 1.70. The smallest absolute Gasteiger partial charge is 0.0312 e. The molecule has 0 aliphatic carbocycles. The van der Waals surface area contributed by atoms with Crippen molar-refractivity contribution in [3.63, 3.8) is 0 Å². The lowest BCUT2D eigenvalue weighted by Crippen LogP contribution is -2.39. The van der Waals surface area contributed by atoms with Crippen molar-refractivity contribution in [2.24, 2.45) is 11.7 Å². The largest absolute Gasteiger partial charge is 0.329 e. The van der Waals surface area contributed by atoms with Crippen LogP contribution >= 0.6 is 0 Å². The summed E-state index contributed by atoms with van der Waals surface area (Å²) in [4.78, 5) is 9.07. The maximum absolute atomic E-state index is 5.60. The molecular weight excluding hydrogens is 236 g/mol. The number of hydrogen-bond acceptors (Lipinski definition) is 4. The summed E-state index contributed by atoms with van der Waals surface area (Å²) in [5, 5.41) is 0. The first kappa shape index (κ1) is 14.4. The van der Waals surface area contributed by atoms with Gasteiger partial charge in [-0.2, -0.15) is 0 Å². The fourth-order valence-electron chi connectivity index (χ4n) is 2.88. The maximum atomic E-state index is 5.60. The zero-order chi connectivity index (χ0) is 13.5. The molecule has 2 heterocycles. The summed E-state index contributed by atoms with van der Waals surface area (Å²) in [6.45, 7) is 6.44. The van der Waals surface area contributed by atoms with Crippen molar-refractivity contribution in [3.05, 3.63) is 30.1 Å². The van der Waals surface area contributed by atoms with Crippen LogP contribution in [0.5, 0.6) is 0 Å². The van der Waals surface area contributed by atoms with Gasteiger partial charge in [-0.15, -0.1) is 0 Å². The Morgan fingerprint density at radius 2 is 2.21 bits per heavy atom. The predicted octanol–water partition coefficient (Wildman–Crippen LogP) is 1.18. The van der Waals surface area contributed by atoms with Crippen LogP contribution in [-0.4, -0.2) is 54.6 Å². The van der Waals surface area contributed by atoms with E-state index >= 15 is 0 Å². The summed E-state index contributed by atoms with van der Waals surface area (Å²) in [7, 11) is 2.21. The number of likely N-dealkylation sites (tertiary alicyclic amines) is 1. The quantitative estimate of drug-likeness (QED) is 0.836. The van der Waals surface area contributed by atoms with Gasteiger partial charge in [-0.1, -0.05) is 6.07 Å². The minimum absolute atomic E-state index is 0.783. The van der Waals surface area contributed by atoms with Crippen LogP contribution in [0.4, 0.5) is 0 Å². The number of hydrogen-bond donors (Lipinski definition) is 1. The Kier molecular flexibility index (Phi) is 5.76. The van der Waals surface area contributed by atoms with E-state index in [1.807, 2.05) is 18.5 Å². The topological polar surface area (TPSA) is 45.4 Å². The Bertz CT molecular complexity index is 346. The van der Waals surface area contributed by atoms with Gasteiger partial charge < -0.3 is 15.5 Å². The molecule has 0 radical (unpaired) electrons. The van der Waals surface area contributed by atoms with Crippen LogP contribution < -0.4 is 5.73 Å². The predicted molar refractivity (Wildman–Crippen MR) is 78.8 cm³/mol. The first-order valence-corrected chi connectivity index (χ1v) is 7.28. The van der Waals surface area contributed by atoms with Gasteiger partial charge in [0, 0.05) is 38.6 Å². The summed E-state index contributed by atoms with van der Waals surface area (Å²) in [6.07, 6.45) is 6.39. The second-order valence-corrected chi connectivity index (χ2v) is 5.63. The van der Waals surface area contributed by atoms with Gasteiger partial charge in [0.05, 0.1) is 0 Å². The minimum Gasteiger partial charge on any atom is -0.329 e. The number of piperidine rings is 1. The van der Waals surface area contributed by atoms with Gasteiger partial charge in [-0.05, 0) is 50.5 Å². The SMILES string of the molecule is CN(Cc1cccnc1)CC1CCN(CCN)CC1. The Morgan fingerprint density at radius 3 is 2.84 bits per heavy atom. The third kappa shape index (κ3) is 4.90. The van der Waals surface area contributed by atoms with E-state index in [1.165, 1.54) is 38.0 Å². The first-order valence-electron chi connectivity index (χ1n) is 7.28. The molecule has 0 unspecified atom stereocenters. The highest BCUT2D eigenvalue weighted by Gasteiger charge is 2.19. The Morgan fingerprint density at radius 1 is 1.42 bits per heavy atom. The molecule has 0 bridgehead atoms. The van der Waals surface area contributed by atoms with Crippen LogP contribution in [0, 0.1) is 5.92 Å². The number of nitrogens with two attached hydrogens (primary N) is 1. The molecule has 4 heteroatoms. The number of nitrogens with zero attached hydrogens (tertiary/aromatic N) is 3. The number of aromatic nitrogens is 1. The number of rotatable bonds is 6. The van der Waals surface area contributed by atoms with Crippen molar-refractivity contribution >= 4 is 0 Å². The Hall–Kier alpha value is -0.970. The lowest BCUT2D eigenvalue weighted by Gasteiger charge is -2.33. The van der Waals surface area contributed by atoms with E-state index in [1.54, 1.807) is 0 Å². The Labute approximate surface area is 116 Å². The fraction of sp³-hybridized carbons (Fsp3) is 0.667. The summed E-state index contributed by atoms with van der Waals surface area (Å²) >= 11 is 0. The summed E-state index contributed by atoms with van der Waals surface area (Å²) in [5.41, 5.74) is 6.90. The fourth-order valence-corrected chi connectivity index (χ4v) is 2.88. The molecule has 0 spiro atoms. The molecule has 0 saturated carbocycles. The second kappa shape index (κ2) is 7.58. The van der Waals surface area contributed by atoms with Crippen LogP contribution in [0.25, 0.3) is 0 Å². The summed E-state index contributed by atoms with van der Waals surface area (Å²) in [6, 6.07) is 4.15. The average Bonchev–Trinajstić information content (AvgIpc) is 2.42. The molecule has 0 amide bonds. The zero-order valence-electron chi connectivity index (χ0n) is 12.0. The van der Waals surface area contributed by atoms with E-state index in [4.69, 9.17) is 5.73 Å². The lowest BCUT2D eigenvalue weighted by atomic mass is 9.96. The van der Waals surface area contributed by atoms with Gasteiger partial charge in [0.2, 0.25) is 0 Å². The van der Waals surface area contributed by atoms with Gasteiger partial charge in [0.15, 0.2) is 0 Å². The highest BCUT2D eigenvalue weighted by molar-refractivity contribution is 5.07.